The molecule has 0 aliphatic carbocycles. The van der Waals surface area contributed by atoms with Crippen LogP contribution in [0.15, 0.2) is 0 Å². The van der Waals surface area contributed by atoms with Crippen LogP contribution in [0.2, 0.25) is 0 Å². The summed E-state index contributed by atoms with van der Waals surface area (Å²) in [4.78, 5) is 10.8. The summed E-state index contributed by atoms with van der Waals surface area (Å²) >= 11 is 0. The van der Waals surface area contributed by atoms with Crippen molar-refractivity contribution in [3.8, 4) is 0 Å². The molecule has 5 heteroatoms. The highest BCUT2D eigenvalue weighted by Crippen LogP contribution is 2.17. The number of carbonyl (C=O) groups is 1. The summed E-state index contributed by atoms with van der Waals surface area (Å²) in [5, 5.41) is 0. The molecule has 0 spiro atoms. The maximum absolute atomic E-state index is 10.8. The highest BCUT2D eigenvalue weighted by molar-refractivity contribution is 5.85. The van der Waals surface area contributed by atoms with Gasteiger partial charge in [-0.05, 0) is 12.8 Å². The van der Waals surface area contributed by atoms with E-state index in [0.29, 0.717) is 6.42 Å². The largest absolute Gasteiger partial charge is 0.436 e. The third-order valence-corrected chi connectivity index (χ3v) is 1.81. The van der Waals surface area contributed by atoms with Crippen molar-refractivity contribution in [1.29, 1.82) is 0 Å². The Labute approximate surface area is 84.2 Å². The quantitative estimate of drug-likeness (QED) is 0.694. The Bertz CT molecular complexity index is 165. The molecule has 2 atom stereocenters. The second kappa shape index (κ2) is 6.18. The topological polar surface area (TPSA) is 61.5 Å². The van der Waals surface area contributed by atoms with Crippen LogP contribution in [0.4, 0.5) is 0 Å². The molecular weight excluding hydrogens is 194 g/mol. The molecule has 1 rings (SSSR count). The molecular formula is C8H16ClNO3. The molecule has 2 N–H and O–H groups in total. The molecule has 4 nitrogen and oxygen atoms in total. The Hall–Kier alpha value is -0.320. The molecule has 0 aromatic rings. The number of rotatable bonds is 2. The van der Waals surface area contributed by atoms with Crippen molar-refractivity contribution in [2.45, 2.75) is 45.1 Å². The molecule has 0 aromatic carbocycles. The molecule has 1 aliphatic heterocycles. The van der Waals surface area contributed by atoms with E-state index < -0.39 is 6.29 Å². The first-order valence-corrected chi connectivity index (χ1v) is 4.33. The predicted molar refractivity (Wildman–Crippen MR) is 50.3 cm³/mol. The van der Waals surface area contributed by atoms with Gasteiger partial charge in [-0.3, -0.25) is 4.79 Å². The van der Waals surface area contributed by atoms with Crippen LogP contribution in [-0.2, 0) is 14.3 Å². The average molecular weight is 210 g/mol. The van der Waals surface area contributed by atoms with Crippen LogP contribution in [0.3, 0.4) is 0 Å². The third-order valence-electron chi connectivity index (χ3n) is 1.81. The van der Waals surface area contributed by atoms with E-state index in [9.17, 15) is 4.79 Å². The minimum absolute atomic E-state index is 0. The zero-order chi connectivity index (χ0) is 8.97. The molecule has 1 heterocycles. The summed E-state index contributed by atoms with van der Waals surface area (Å²) in [6.45, 7) is 1.76. The Morgan fingerprint density at radius 2 is 2.31 bits per heavy atom. The van der Waals surface area contributed by atoms with Gasteiger partial charge in [0, 0.05) is 12.8 Å². The van der Waals surface area contributed by atoms with E-state index in [1.54, 1.807) is 6.92 Å². The van der Waals surface area contributed by atoms with Gasteiger partial charge in [0.05, 0.1) is 0 Å². The zero-order valence-corrected chi connectivity index (χ0v) is 8.51. The molecule has 1 aliphatic rings. The minimum atomic E-state index is -0.416. The lowest BCUT2D eigenvalue weighted by Gasteiger charge is -2.26. The number of hydrogen-bond acceptors (Lipinski definition) is 4. The summed E-state index contributed by atoms with van der Waals surface area (Å²) < 4.78 is 10.2. The lowest BCUT2D eigenvalue weighted by Crippen LogP contribution is -2.36. The van der Waals surface area contributed by atoms with Gasteiger partial charge in [0.1, 0.15) is 6.23 Å². The Balaban J connectivity index is 0.00000144. The van der Waals surface area contributed by atoms with Gasteiger partial charge in [-0.15, -0.1) is 12.4 Å². The van der Waals surface area contributed by atoms with Crippen LogP contribution in [0.1, 0.15) is 32.6 Å². The number of nitrogens with two attached hydrogens (primary N) is 1. The van der Waals surface area contributed by atoms with E-state index in [1.165, 1.54) is 0 Å². The SMILES string of the molecule is CCC(=O)OC1CCC[C@@H](N)O1.Cl. The van der Waals surface area contributed by atoms with Crippen molar-refractivity contribution in [2.75, 3.05) is 0 Å². The van der Waals surface area contributed by atoms with Crippen molar-refractivity contribution in [2.24, 2.45) is 5.73 Å². The van der Waals surface area contributed by atoms with Gasteiger partial charge in [0.25, 0.3) is 0 Å². The molecule has 0 saturated carbocycles. The van der Waals surface area contributed by atoms with Gasteiger partial charge in [-0.25, -0.2) is 0 Å². The molecule has 1 fully saturated rings. The number of halogens is 1. The summed E-state index contributed by atoms with van der Waals surface area (Å²) in [5.74, 6) is -0.228. The van der Waals surface area contributed by atoms with Gasteiger partial charge in [-0.2, -0.15) is 0 Å². The Morgan fingerprint density at radius 1 is 1.62 bits per heavy atom. The predicted octanol–water partition coefficient (Wildman–Crippen LogP) is 1.17. The summed E-state index contributed by atoms with van der Waals surface area (Å²) in [6.07, 6.45) is 2.27. The van der Waals surface area contributed by atoms with Gasteiger partial charge in [-0.1, -0.05) is 6.92 Å². The van der Waals surface area contributed by atoms with Gasteiger partial charge >= 0.3 is 5.97 Å². The van der Waals surface area contributed by atoms with E-state index >= 15 is 0 Å². The zero-order valence-electron chi connectivity index (χ0n) is 7.69. The second-order valence-corrected chi connectivity index (χ2v) is 2.88. The minimum Gasteiger partial charge on any atom is -0.436 e. The fourth-order valence-electron chi connectivity index (χ4n) is 1.13. The molecule has 78 valence electrons. The van der Waals surface area contributed by atoms with Gasteiger partial charge in [0.15, 0.2) is 0 Å². The molecule has 13 heavy (non-hydrogen) atoms. The van der Waals surface area contributed by atoms with Crippen molar-refractivity contribution in [3.63, 3.8) is 0 Å². The molecule has 0 bridgehead atoms. The molecule has 0 radical (unpaired) electrons. The van der Waals surface area contributed by atoms with E-state index in [4.69, 9.17) is 15.2 Å². The first-order valence-electron chi connectivity index (χ1n) is 4.33. The fraction of sp³-hybridized carbons (Fsp3) is 0.875. The second-order valence-electron chi connectivity index (χ2n) is 2.88. The lowest BCUT2D eigenvalue weighted by atomic mass is 10.2. The Kier molecular flexibility index (Phi) is 6.03. The molecule has 0 amide bonds. The van der Waals surface area contributed by atoms with Gasteiger partial charge in [0.2, 0.25) is 6.29 Å². The smallest absolute Gasteiger partial charge is 0.307 e. The van der Waals surface area contributed by atoms with Crippen LogP contribution in [0.5, 0.6) is 0 Å². The van der Waals surface area contributed by atoms with E-state index in [0.717, 1.165) is 19.3 Å². The van der Waals surface area contributed by atoms with Crippen molar-refractivity contribution in [3.05, 3.63) is 0 Å². The maximum atomic E-state index is 10.8. The highest BCUT2D eigenvalue weighted by atomic mass is 35.5. The third kappa shape index (κ3) is 4.45. The Morgan fingerprint density at radius 3 is 2.85 bits per heavy atom. The summed E-state index contributed by atoms with van der Waals surface area (Å²) in [7, 11) is 0. The first kappa shape index (κ1) is 12.7. The van der Waals surface area contributed by atoms with Crippen LogP contribution in [-0.4, -0.2) is 18.5 Å². The normalized spacial score (nSPS) is 27.5. The number of hydrogen-bond donors (Lipinski definition) is 1. The number of carbonyl (C=O) groups excluding carboxylic acids is 1. The maximum Gasteiger partial charge on any atom is 0.307 e. The number of esters is 1. The van der Waals surface area contributed by atoms with E-state index in [2.05, 4.69) is 0 Å². The van der Waals surface area contributed by atoms with Gasteiger partial charge < -0.3 is 15.2 Å². The summed E-state index contributed by atoms with van der Waals surface area (Å²) in [6, 6.07) is 0. The standard InChI is InChI=1S/C8H15NO3.ClH/c1-2-7(10)12-8-5-3-4-6(9)11-8;/h6,8H,2-5,9H2,1H3;1H/t6-,8?;/m0./s1. The van der Waals surface area contributed by atoms with Crippen LogP contribution in [0.25, 0.3) is 0 Å². The van der Waals surface area contributed by atoms with E-state index in [1.807, 2.05) is 0 Å². The molecule has 1 unspecified atom stereocenters. The van der Waals surface area contributed by atoms with Crippen molar-refractivity contribution >= 4 is 18.4 Å². The van der Waals surface area contributed by atoms with Crippen LogP contribution in [0, 0.1) is 0 Å². The molecule has 0 aromatic heterocycles. The van der Waals surface area contributed by atoms with Crippen molar-refractivity contribution < 1.29 is 14.3 Å². The fourth-order valence-corrected chi connectivity index (χ4v) is 1.13. The monoisotopic (exact) mass is 209 g/mol. The van der Waals surface area contributed by atoms with Crippen molar-refractivity contribution in [1.82, 2.24) is 0 Å². The average Bonchev–Trinajstić information content (AvgIpc) is 2.04. The van der Waals surface area contributed by atoms with Crippen LogP contribution >= 0.6 is 12.4 Å². The first-order chi connectivity index (χ1) is 5.72. The number of ether oxygens (including phenoxy) is 2. The summed E-state index contributed by atoms with van der Waals surface area (Å²) in [5.41, 5.74) is 5.53. The lowest BCUT2D eigenvalue weighted by molar-refractivity contribution is -0.201. The van der Waals surface area contributed by atoms with E-state index in [-0.39, 0.29) is 24.6 Å². The molecule has 1 saturated heterocycles. The van der Waals surface area contributed by atoms with Crippen LogP contribution < -0.4 is 5.73 Å². The highest BCUT2D eigenvalue weighted by Gasteiger charge is 2.21.